The van der Waals surface area contributed by atoms with E-state index in [-0.39, 0.29) is 5.69 Å². The predicted octanol–water partition coefficient (Wildman–Crippen LogP) is 4.35. The first-order valence-electron chi connectivity index (χ1n) is 7.66. The first kappa shape index (κ1) is 19.0. The van der Waals surface area contributed by atoms with Crippen molar-refractivity contribution in [2.24, 2.45) is 7.05 Å². The highest BCUT2D eigenvalue weighted by Gasteiger charge is 2.32. The summed E-state index contributed by atoms with van der Waals surface area (Å²) in [7, 11) is 3.59. The van der Waals surface area contributed by atoms with Crippen LogP contribution in [0.5, 0.6) is 0 Å². The number of likely N-dealkylation sites (tertiary alicyclic amines) is 1. The summed E-state index contributed by atoms with van der Waals surface area (Å²) in [6.07, 6.45) is 4.98. The molecular formula is C16H20ClF2N3OS. The second-order valence-corrected chi connectivity index (χ2v) is 7.31. The standard InChI is InChI=1S/C10H7ClF2N2OS.C6H13N/c1-15-9(10(11,12)13)4-7(14-15)8-3-2-6(5-16)17-8;1-7-5-3-2-4-6-7/h2-5H,1H3;2-6H2,1H3. The molecule has 0 saturated carbocycles. The Morgan fingerprint density at radius 3 is 2.33 bits per heavy atom. The Hall–Kier alpha value is -1.31. The summed E-state index contributed by atoms with van der Waals surface area (Å²) < 4.78 is 27.0. The predicted molar refractivity (Wildman–Crippen MR) is 93.0 cm³/mol. The molecule has 0 aromatic carbocycles. The third-order valence-corrected chi connectivity index (χ3v) is 4.97. The van der Waals surface area contributed by atoms with Crippen LogP contribution in [0.2, 0.25) is 0 Å². The summed E-state index contributed by atoms with van der Waals surface area (Å²) in [5.41, 5.74) is -0.00357. The van der Waals surface area contributed by atoms with Gasteiger partial charge in [-0.2, -0.15) is 13.9 Å². The van der Waals surface area contributed by atoms with Gasteiger partial charge in [0.2, 0.25) is 0 Å². The second-order valence-electron chi connectivity index (χ2n) is 5.72. The zero-order valence-corrected chi connectivity index (χ0v) is 15.2. The minimum absolute atomic E-state index is 0.376. The van der Waals surface area contributed by atoms with Crippen molar-refractivity contribution in [2.45, 2.75) is 24.6 Å². The Labute approximate surface area is 149 Å². The molecule has 3 heterocycles. The maximum absolute atomic E-state index is 13.0. The van der Waals surface area contributed by atoms with E-state index in [0.717, 1.165) is 4.68 Å². The summed E-state index contributed by atoms with van der Waals surface area (Å²) in [5, 5.41) is 0.488. The Morgan fingerprint density at radius 1 is 1.25 bits per heavy atom. The number of halogens is 3. The van der Waals surface area contributed by atoms with E-state index in [1.165, 1.54) is 56.8 Å². The number of piperidine rings is 1. The molecule has 1 fully saturated rings. The molecule has 24 heavy (non-hydrogen) atoms. The normalized spacial score (nSPS) is 15.7. The van der Waals surface area contributed by atoms with Crippen molar-refractivity contribution >= 4 is 29.2 Å². The zero-order chi connectivity index (χ0) is 17.7. The van der Waals surface area contributed by atoms with E-state index in [2.05, 4.69) is 17.0 Å². The molecule has 4 nitrogen and oxygen atoms in total. The molecular weight excluding hydrogens is 356 g/mol. The number of hydrogen-bond donors (Lipinski definition) is 0. The van der Waals surface area contributed by atoms with E-state index in [0.29, 0.717) is 21.7 Å². The Balaban J connectivity index is 0.000000249. The molecule has 132 valence electrons. The van der Waals surface area contributed by atoms with Crippen molar-refractivity contribution < 1.29 is 13.6 Å². The molecule has 0 bridgehead atoms. The number of nitrogens with zero attached hydrogens (tertiary/aromatic N) is 3. The van der Waals surface area contributed by atoms with Gasteiger partial charge in [0, 0.05) is 7.05 Å². The topological polar surface area (TPSA) is 38.1 Å². The molecule has 1 aliphatic rings. The lowest BCUT2D eigenvalue weighted by molar-refractivity contribution is 0.0852. The lowest BCUT2D eigenvalue weighted by Crippen LogP contribution is -2.24. The van der Waals surface area contributed by atoms with Crippen LogP contribution in [0.4, 0.5) is 8.78 Å². The third-order valence-electron chi connectivity index (χ3n) is 3.75. The van der Waals surface area contributed by atoms with E-state index >= 15 is 0 Å². The number of aldehydes is 1. The van der Waals surface area contributed by atoms with Crippen LogP contribution in [0.1, 0.15) is 34.6 Å². The Morgan fingerprint density at radius 2 is 1.92 bits per heavy atom. The average molecular weight is 376 g/mol. The van der Waals surface area contributed by atoms with E-state index in [1.807, 2.05) is 0 Å². The van der Waals surface area contributed by atoms with Gasteiger partial charge < -0.3 is 4.90 Å². The molecule has 0 aliphatic carbocycles. The SMILES string of the molecule is CN1CCCCC1.Cn1nc(-c2ccc(C=O)s2)cc1C(F)(F)Cl. The molecule has 8 heteroatoms. The number of carbonyl (C=O) groups excluding carboxylic acids is 1. The van der Waals surface area contributed by atoms with E-state index in [1.54, 1.807) is 12.1 Å². The van der Waals surface area contributed by atoms with Crippen molar-refractivity contribution in [2.75, 3.05) is 20.1 Å². The molecule has 3 rings (SSSR count). The molecule has 2 aromatic heterocycles. The van der Waals surface area contributed by atoms with Gasteiger partial charge in [-0.1, -0.05) is 6.42 Å². The number of hydrogen-bond acceptors (Lipinski definition) is 4. The van der Waals surface area contributed by atoms with Crippen molar-refractivity contribution in [1.82, 2.24) is 14.7 Å². The third kappa shape index (κ3) is 5.09. The molecule has 0 amide bonds. The number of aromatic nitrogens is 2. The molecule has 0 unspecified atom stereocenters. The van der Waals surface area contributed by atoms with E-state index in [9.17, 15) is 13.6 Å². The van der Waals surface area contributed by atoms with Crippen LogP contribution >= 0.6 is 22.9 Å². The van der Waals surface area contributed by atoms with Crippen LogP contribution in [-0.4, -0.2) is 41.1 Å². The highest BCUT2D eigenvalue weighted by molar-refractivity contribution is 7.17. The molecule has 0 spiro atoms. The van der Waals surface area contributed by atoms with Gasteiger partial charge in [0.15, 0.2) is 6.29 Å². The van der Waals surface area contributed by atoms with Crippen molar-refractivity contribution in [3.63, 3.8) is 0 Å². The van der Waals surface area contributed by atoms with E-state index < -0.39 is 5.38 Å². The lowest BCUT2D eigenvalue weighted by atomic mass is 10.1. The van der Waals surface area contributed by atoms with Gasteiger partial charge in [-0.3, -0.25) is 9.48 Å². The van der Waals surface area contributed by atoms with Crippen LogP contribution in [-0.2, 0) is 12.4 Å². The Kier molecular flexibility index (Phi) is 6.48. The first-order valence-corrected chi connectivity index (χ1v) is 8.86. The molecule has 1 saturated heterocycles. The van der Waals surface area contributed by atoms with Crippen molar-refractivity contribution in [3.8, 4) is 10.6 Å². The molecule has 0 radical (unpaired) electrons. The summed E-state index contributed by atoms with van der Waals surface area (Å²) in [6.45, 7) is 2.64. The minimum Gasteiger partial charge on any atom is -0.306 e. The Bertz CT molecular complexity index is 675. The monoisotopic (exact) mass is 375 g/mol. The summed E-state index contributed by atoms with van der Waals surface area (Å²) in [5.74, 6) is 0. The van der Waals surface area contributed by atoms with Crippen molar-refractivity contribution in [3.05, 3.63) is 28.8 Å². The van der Waals surface area contributed by atoms with Gasteiger partial charge in [-0.05, 0) is 62.8 Å². The fourth-order valence-electron chi connectivity index (χ4n) is 2.46. The largest absolute Gasteiger partial charge is 0.364 e. The van der Waals surface area contributed by atoms with Crippen LogP contribution in [0, 0.1) is 0 Å². The minimum atomic E-state index is -3.45. The van der Waals surface area contributed by atoms with Gasteiger partial charge in [-0.15, -0.1) is 11.3 Å². The summed E-state index contributed by atoms with van der Waals surface area (Å²) in [4.78, 5) is 14.1. The lowest BCUT2D eigenvalue weighted by Gasteiger charge is -2.20. The number of alkyl halides is 3. The number of rotatable bonds is 3. The quantitative estimate of drug-likeness (QED) is 0.591. The molecule has 0 atom stereocenters. The zero-order valence-electron chi connectivity index (χ0n) is 13.6. The number of aryl methyl sites for hydroxylation is 1. The number of thiophene rings is 1. The molecule has 1 aliphatic heterocycles. The molecule has 0 N–H and O–H groups in total. The smallest absolute Gasteiger partial charge is 0.306 e. The number of carbonyl (C=O) groups is 1. The van der Waals surface area contributed by atoms with Crippen LogP contribution in [0.25, 0.3) is 10.6 Å². The maximum atomic E-state index is 13.0. The highest BCUT2D eigenvalue weighted by Crippen LogP contribution is 2.35. The fraction of sp³-hybridized carbons (Fsp3) is 0.500. The summed E-state index contributed by atoms with van der Waals surface area (Å²) in [6, 6.07) is 4.49. The van der Waals surface area contributed by atoms with Gasteiger partial charge >= 0.3 is 5.38 Å². The fourth-order valence-corrected chi connectivity index (χ4v) is 3.41. The van der Waals surface area contributed by atoms with E-state index in [4.69, 9.17) is 11.6 Å². The van der Waals surface area contributed by atoms with Gasteiger partial charge in [0.05, 0.1) is 9.75 Å². The second kappa shape index (κ2) is 8.18. The van der Waals surface area contributed by atoms with Gasteiger partial charge in [-0.25, -0.2) is 0 Å². The first-order chi connectivity index (χ1) is 11.3. The van der Waals surface area contributed by atoms with Crippen LogP contribution in [0.3, 0.4) is 0 Å². The van der Waals surface area contributed by atoms with Crippen LogP contribution in [0.15, 0.2) is 18.2 Å². The maximum Gasteiger partial charge on any atom is 0.364 e. The van der Waals surface area contributed by atoms with Gasteiger partial charge in [0.1, 0.15) is 11.4 Å². The van der Waals surface area contributed by atoms with Crippen LogP contribution < -0.4 is 0 Å². The van der Waals surface area contributed by atoms with Gasteiger partial charge in [0.25, 0.3) is 0 Å². The van der Waals surface area contributed by atoms with Crippen molar-refractivity contribution in [1.29, 1.82) is 0 Å². The highest BCUT2D eigenvalue weighted by atomic mass is 35.5. The summed E-state index contributed by atoms with van der Waals surface area (Å²) >= 11 is 6.14. The molecule has 2 aromatic rings. The average Bonchev–Trinajstić information content (AvgIpc) is 3.14.